The van der Waals surface area contributed by atoms with Gasteiger partial charge in [0.1, 0.15) is 18.5 Å². The number of ether oxygens (including phenoxy) is 1. The Bertz CT molecular complexity index is 1030. The Morgan fingerprint density at radius 3 is 2.46 bits per heavy atom. The summed E-state index contributed by atoms with van der Waals surface area (Å²) in [4.78, 5) is 19.1. The van der Waals surface area contributed by atoms with Crippen LogP contribution in [0.5, 0.6) is 0 Å². The van der Waals surface area contributed by atoms with Crippen LogP contribution in [0.4, 0.5) is 10.5 Å². The highest BCUT2D eigenvalue weighted by atomic mass is 16.5. The van der Waals surface area contributed by atoms with E-state index in [4.69, 9.17) is 9.15 Å². The second-order valence-corrected chi connectivity index (χ2v) is 7.40. The number of morpholine rings is 1. The number of fused-ring (bicyclic) bond motifs is 5. The Kier molecular flexibility index (Phi) is 3.94. The third-order valence-corrected chi connectivity index (χ3v) is 5.42. The molecule has 3 heterocycles. The van der Waals surface area contributed by atoms with Crippen LogP contribution in [0.2, 0.25) is 0 Å². The van der Waals surface area contributed by atoms with Crippen molar-refractivity contribution in [1.29, 1.82) is 0 Å². The van der Waals surface area contributed by atoms with E-state index in [9.17, 15) is 4.79 Å². The molecule has 3 aromatic rings. The molecule has 2 aliphatic heterocycles. The number of benzene rings is 2. The smallest absolute Gasteiger partial charge is 0.322 e. The maximum Gasteiger partial charge on any atom is 0.322 e. The third kappa shape index (κ3) is 2.86. The molecule has 2 aliphatic rings. The molecule has 1 N–H and O–H groups in total. The van der Waals surface area contributed by atoms with Crippen molar-refractivity contribution in [2.24, 2.45) is 0 Å². The zero-order chi connectivity index (χ0) is 19.3. The summed E-state index contributed by atoms with van der Waals surface area (Å²) in [5.41, 5.74) is 5.85. The average molecular weight is 375 g/mol. The molecule has 2 bridgehead atoms. The van der Waals surface area contributed by atoms with Gasteiger partial charge in [-0.15, -0.1) is 0 Å². The van der Waals surface area contributed by atoms with E-state index in [2.05, 4.69) is 22.4 Å². The number of aryl methyl sites for hydroxylation is 2. The molecule has 142 valence electrons. The number of anilines is 1. The number of nitrogens with zero attached hydrogens (tertiary/aromatic N) is 2. The SMILES string of the molecule is Cc1coc(-c2cc(NC(=O)N3CC4OC(C3)c3ccccc34)ccc2C)n1. The number of hydrogen-bond acceptors (Lipinski definition) is 4. The molecule has 6 heteroatoms. The summed E-state index contributed by atoms with van der Waals surface area (Å²) >= 11 is 0. The molecule has 1 saturated heterocycles. The minimum absolute atomic E-state index is 0.0513. The van der Waals surface area contributed by atoms with Gasteiger partial charge in [-0.1, -0.05) is 30.3 Å². The molecule has 0 spiro atoms. The maximum absolute atomic E-state index is 12.9. The van der Waals surface area contributed by atoms with Crippen LogP contribution in [-0.2, 0) is 4.74 Å². The quantitative estimate of drug-likeness (QED) is 0.710. The highest BCUT2D eigenvalue weighted by Crippen LogP contribution is 2.43. The number of carbonyl (C=O) groups excluding carboxylic acids is 1. The molecule has 0 saturated carbocycles. The van der Waals surface area contributed by atoms with Crippen molar-refractivity contribution in [2.75, 3.05) is 18.4 Å². The first-order valence-corrected chi connectivity index (χ1v) is 9.42. The molecule has 6 nitrogen and oxygen atoms in total. The van der Waals surface area contributed by atoms with E-state index in [1.807, 2.05) is 49.1 Å². The second-order valence-electron chi connectivity index (χ2n) is 7.40. The van der Waals surface area contributed by atoms with Crippen LogP contribution < -0.4 is 5.32 Å². The second kappa shape index (κ2) is 6.49. The summed E-state index contributed by atoms with van der Waals surface area (Å²) in [7, 11) is 0. The molecule has 28 heavy (non-hydrogen) atoms. The predicted molar refractivity (Wildman–Crippen MR) is 105 cm³/mol. The van der Waals surface area contributed by atoms with Gasteiger partial charge in [0.15, 0.2) is 0 Å². The summed E-state index contributed by atoms with van der Waals surface area (Å²) in [5, 5.41) is 3.01. The van der Waals surface area contributed by atoms with Crippen LogP contribution in [0, 0.1) is 13.8 Å². The molecule has 1 fully saturated rings. The monoisotopic (exact) mass is 375 g/mol. The molecular formula is C22H21N3O3. The van der Waals surface area contributed by atoms with E-state index >= 15 is 0 Å². The minimum Gasteiger partial charge on any atom is -0.444 e. The van der Waals surface area contributed by atoms with Crippen LogP contribution in [0.15, 0.2) is 53.1 Å². The summed E-state index contributed by atoms with van der Waals surface area (Å²) in [5.74, 6) is 0.561. The van der Waals surface area contributed by atoms with Gasteiger partial charge in [0, 0.05) is 11.3 Å². The molecule has 1 aromatic heterocycles. The molecule has 2 amide bonds. The lowest BCUT2D eigenvalue weighted by molar-refractivity contribution is -0.0524. The zero-order valence-electron chi connectivity index (χ0n) is 15.8. The van der Waals surface area contributed by atoms with Gasteiger partial charge in [0.25, 0.3) is 0 Å². The standard InChI is InChI=1S/C22H21N3O3/c1-13-7-8-15(9-18(13)21-23-14(2)12-27-21)24-22(26)25-10-19-16-5-3-4-6-17(16)20(11-25)28-19/h3-9,12,19-20H,10-11H2,1-2H3,(H,24,26). The lowest BCUT2D eigenvalue weighted by Gasteiger charge is -2.32. The van der Waals surface area contributed by atoms with Crippen molar-refractivity contribution in [1.82, 2.24) is 9.88 Å². The minimum atomic E-state index is -0.121. The van der Waals surface area contributed by atoms with Crippen molar-refractivity contribution in [3.05, 3.63) is 71.1 Å². The third-order valence-electron chi connectivity index (χ3n) is 5.42. The number of carbonyl (C=O) groups is 1. The molecule has 2 aromatic carbocycles. The number of nitrogens with one attached hydrogen (secondary N) is 1. The number of oxazole rings is 1. The average Bonchev–Trinajstić information content (AvgIpc) is 3.25. The Balaban J connectivity index is 1.34. The van der Waals surface area contributed by atoms with Gasteiger partial charge in [-0.2, -0.15) is 0 Å². The van der Waals surface area contributed by atoms with Crippen molar-refractivity contribution >= 4 is 11.7 Å². The van der Waals surface area contributed by atoms with E-state index < -0.39 is 0 Å². The van der Waals surface area contributed by atoms with E-state index in [0.717, 1.165) is 22.5 Å². The summed E-state index contributed by atoms with van der Waals surface area (Å²) < 4.78 is 11.6. The van der Waals surface area contributed by atoms with E-state index in [1.54, 1.807) is 6.26 Å². The lowest BCUT2D eigenvalue weighted by atomic mass is 10.0. The fraction of sp³-hybridized carbons (Fsp3) is 0.273. The molecular weight excluding hydrogens is 354 g/mol. The molecule has 0 aliphatic carbocycles. The lowest BCUT2D eigenvalue weighted by Crippen LogP contribution is -2.43. The van der Waals surface area contributed by atoms with E-state index in [1.165, 1.54) is 11.1 Å². The number of rotatable bonds is 2. The van der Waals surface area contributed by atoms with E-state index in [-0.39, 0.29) is 18.2 Å². The zero-order valence-corrected chi connectivity index (χ0v) is 15.8. The van der Waals surface area contributed by atoms with Gasteiger partial charge in [0.05, 0.1) is 18.8 Å². The predicted octanol–water partition coefficient (Wildman–Crippen LogP) is 4.62. The highest BCUT2D eigenvalue weighted by Gasteiger charge is 2.39. The first-order chi connectivity index (χ1) is 13.6. The number of hydrogen-bond donors (Lipinski definition) is 1. The first kappa shape index (κ1) is 17.0. The topological polar surface area (TPSA) is 67.6 Å². The van der Waals surface area contributed by atoms with Gasteiger partial charge < -0.3 is 19.4 Å². The summed E-state index contributed by atoms with van der Waals surface area (Å²) in [6, 6.07) is 13.9. The van der Waals surface area contributed by atoms with Crippen LogP contribution in [-0.4, -0.2) is 29.0 Å². The van der Waals surface area contributed by atoms with Crippen LogP contribution in [0.3, 0.4) is 0 Å². The summed E-state index contributed by atoms with van der Waals surface area (Å²) in [6.07, 6.45) is 1.52. The molecule has 2 unspecified atom stereocenters. The Morgan fingerprint density at radius 1 is 1.11 bits per heavy atom. The highest BCUT2D eigenvalue weighted by molar-refractivity contribution is 5.90. The van der Waals surface area contributed by atoms with Gasteiger partial charge in [0.2, 0.25) is 5.89 Å². The fourth-order valence-electron chi connectivity index (χ4n) is 3.98. The van der Waals surface area contributed by atoms with Gasteiger partial charge in [-0.25, -0.2) is 9.78 Å². The van der Waals surface area contributed by atoms with Crippen molar-refractivity contribution in [3.63, 3.8) is 0 Å². The molecule has 2 atom stereocenters. The van der Waals surface area contributed by atoms with Crippen molar-refractivity contribution < 1.29 is 13.9 Å². The maximum atomic E-state index is 12.9. The van der Waals surface area contributed by atoms with Gasteiger partial charge in [-0.05, 0) is 42.7 Å². The Morgan fingerprint density at radius 2 is 1.82 bits per heavy atom. The van der Waals surface area contributed by atoms with Crippen molar-refractivity contribution in [3.8, 4) is 11.5 Å². The van der Waals surface area contributed by atoms with Crippen LogP contribution >= 0.6 is 0 Å². The number of amides is 2. The first-order valence-electron chi connectivity index (χ1n) is 9.42. The fourth-order valence-corrected chi connectivity index (χ4v) is 3.98. The van der Waals surface area contributed by atoms with Gasteiger partial charge >= 0.3 is 6.03 Å². The molecule has 5 rings (SSSR count). The normalized spacial score (nSPS) is 20.1. The molecule has 0 radical (unpaired) electrons. The Hall–Kier alpha value is -3.12. The Labute approximate surface area is 163 Å². The largest absolute Gasteiger partial charge is 0.444 e. The van der Waals surface area contributed by atoms with Crippen LogP contribution in [0.1, 0.15) is 34.6 Å². The van der Waals surface area contributed by atoms with Gasteiger partial charge in [-0.3, -0.25) is 0 Å². The number of aromatic nitrogens is 1. The van der Waals surface area contributed by atoms with E-state index in [0.29, 0.717) is 19.0 Å². The van der Waals surface area contributed by atoms with Crippen LogP contribution in [0.25, 0.3) is 11.5 Å². The van der Waals surface area contributed by atoms with Crippen molar-refractivity contribution in [2.45, 2.75) is 26.1 Å². The summed E-state index contributed by atoms with van der Waals surface area (Å²) in [6.45, 7) is 4.99. The number of urea groups is 1.